The molecule has 0 aliphatic carbocycles. The predicted octanol–water partition coefficient (Wildman–Crippen LogP) is 4.76. The Morgan fingerprint density at radius 2 is 1.71 bits per heavy atom. The molecule has 4 aromatic rings. The van der Waals surface area contributed by atoms with Crippen molar-refractivity contribution in [2.75, 3.05) is 55.9 Å². The number of ether oxygens (including phenoxy) is 1. The maximum atomic E-state index is 13.2. The summed E-state index contributed by atoms with van der Waals surface area (Å²) in [5.74, 6) is 0.888. The highest BCUT2D eigenvalue weighted by Gasteiger charge is 2.19. The second kappa shape index (κ2) is 12.4. The molecule has 1 amide bonds. The second-order valence-electron chi connectivity index (χ2n) is 10.2. The van der Waals surface area contributed by atoms with E-state index < -0.39 is 0 Å². The highest BCUT2D eigenvalue weighted by atomic mass is 16.5. The number of rotatable bonds is 9. The number of carbonyl (C=O) groups excluding carboxylic acids is 1. The summed E-state index contributed by atoms with van der Waals surface area (Å²) in [5, 5.41) is 10.9. The lowest BCUT2D eigenvalue weighted by atomic mass is 10.0. The van der Waals surface area contributed by atoms with Crippen molar-refractivity contribution >= 4 is 28.9 Å². The summed E-state index contributed by atoms with van der Waals surface area (Å²) in [5.41, 5.74) is 6.66. The number of likely N-dealkylation sites (N-methyl/N-ethyl adjacent to an activating group) is 1. The van der Waals surface area contributed by atoms with Gasteiger partial charge in [0.2, 0.25) is 5.95 Å². The van der Waals surface area contributed by atoms with Gasteiger partial charge >= 0.3 is 0 Å². The number of aryl methyl sites for hydroxylation is 3. The molecule has 1 aliphatic rings. The van der Waals surface area contributed by atoms with Gasteiger partial charge in [0.15, 0.2) is 5.69 Å². The number of aromatic nitrogens is 4. The van der Waals surface area contributed by atoms with E-state index in [4.69, 9.17) is 9.72 Å². The molecule has 0 atom stereocenters. The van der Waals surface area contributed by atoms with Crippen LogP contribution < -0.4 is 20.3 Å². The molecule has 0 spiro atoms. The van der Waals surface area contributed by atoms with Crippen LogP contribution >= 0.6 is 0 Å². The number of amides is 1. The van der Waals surface area contributed by atoms with Crippen LogP contribution in [0.3, 0.4) is 0 Å². The summed E-state index contributed by atoms with van der Waals surface area (Å²) in [6.07, 6.45) is 3.35. The van der Waals surface area contributed by atoms with Gasteiger partial charge in [-0.1, -0.05) is 32.0 Å². The first-order valence-corrected chi connectivity index (χ1v) is 14.1. The number of piperazine rings is 1. The zero-order chi connectivity index (χ0) is 28.9. The zero-order valence-electron chi connectivity index (χ0n) is 24.4. The Kier molecular flexibility index (Phi) is 8.49. The molecule has 5 rings (SSSR count). The van der Waals surface area contributed by atoms with Crippen LogP contribution in [0.4, 0.5) is 23.0 Å². The van der Waals surface area contributed by atoms with Crippen LogP contribution in [-0.4, -0.2) is 70.9 Å². The third-order valence-corrected chi connectivity index (χ3v) is 7.57. The number of hydrogen-bond donors (Lipinski definition) is 2. The van der Waals surface area contributed by atoms with Gasteiger partial charge in [-0.3, -0.25) is 9.48 Å². The molecule has 1 fully saturated rings. The van der Waals surface area contributed by atoms with Crippen molar-refractivity contribution in [3.63, 3.8) is 0 Å². The minimum absolute atomic E-state index is 0.250. The van der Waals surface area contributed by atoms with E-state index in [1.165, 1.54) is 0 Å². The SMILES string of the molecule is CCc1cccc(CC)c1NC(=O)c1cc(-c2ccnc(Nc3ccc(N4CCN(C)CC4)cc3OC)n2)n(C)n1. The van der Waals surface area contributed by atoms with Crippen molar-refractivity contribution in [1.29, 1.82) is 0 Å². The standard InChI is InChI=1S/C31H38N8O2/c1-6-21-9-8-10-22(7-2)29(21)35-30(40)26-20-27(38(4)36-26)24-13-14-32-31(33-24)34-25-12-11-23(19-28(25)41-5)39-17-15-37(3)16-18-39/h8-14,19-20H,6-7,15-18H2,1-5H3,(H,35,40)(H,32,33,34). The van der Waals surface area contributed by atoms with Gasteiger partial charge in [-0.05, 0) is 55.3 Å². The number of hydrogen-bond acceptors (Lipinski definition) is 8. The van der Waals surface area contributed by atoms with Crippen LogP contribution in [0, 0.1) is 0 Å². The molecule has 3 heterocycles. The molecule has 1 aliphatic heterocycles. The maximum Gasteiger partial charge on any atom is 0.276 e. The predicted molar refractivity (Wildman–Crippen MR) is 163 cm³/mol. The van der Waals surface area contributed by atoms with Gasteiger partial charge in [0.05, 0.1) is 24.2 Å². The Morgan fingerprint density at radius 3 is 2.39 bits per heavy atom. The molecule has 0 bridgehead atoms. The molecule has 0 saturated carbocycles. The minimum Gasteiger partial charge on any atom is -0.494 e. The third-order valence-electron chi connectivity index (χ3n) is 7.57. The van der Waals surface area contributed by atoms with Crippen LogP contribution in [0.1, 0.15) is 35.5 Å². The van der Waals surface area contributed by atoms with E-state index in [0.29, 0.717) is 28.8 Å². The fourth-order valence-corrected chi connectivity index (χ4v) is 5.13. The summed E-state index contributed by atoms with van der Waals surface area (Å²) >= 11 is 0. The molecule has 2 N–H and O–H groups in total. The van der Waals surface area contributed by atoms with Crippen molar-refractivity contribution < 1.29 is 9.53 Å². The fraction of sp³-hybridized carbons (Fsp3) is 0.355. The fourth-order valence-electron chi connectivity index (χ4n) is 5.13. The van der Waals surface area contributed by atoms with E-state index in [1.54, 1.807) is 37.2 Å². The number of methoxy groups -OCH3 is 1. The Balaban J connectivity index is 1.34. The first kappa shape index (κ1) is 28.1. The Hall–Kier alpha value is -4.44. The van der Waals surface area contributed by atoms with E-state index in [9.17, 15) is 4.79 Å². The smallest absolute Gasteiger partial charge is 0.276 e. The molecule has 214 valence electrons. The molecule has 2 aromatic carbocycles. The van der Waals surface area contributed by atoms with Gasteiger partial charge in [-0.15, -0.1) is 0 Å². The average molecular weight is 555 g/mol. The largest absolute Gasteiger partial charge is 0.494 e. The van der Waals surface area contributed by atoms with Gasteiger partial charge in [-0.2, -0.15) is 5.10 Å². The van der Waals surface area contributed by atoms with Crippen molar-refractivity contribution in [3.8, 4) is 17.1 Å². The maximum absolute atomic E-state index is 13.2. The minimum atomic E-state index is -0.250. The lowest BCUT2D eigenvalue weighted by Crippen LogP contribution is -2.44. The van der Waals surface area contributed by atoms with Crippen LogP contribution in [-0.2, 0) is 19.9 Å². The molecule has 0 unspecified atom stereocenters. The van der Waals surface area contributed by atoms with E-state index in [2.05, 4.69) is 57.5 Å². The number of para-hydroxylation sites is 1. The number of benzene rings is 2. The second-order valence-corrected chi connectivity index (χ2v) is 10.2. The van der Waals surface area contributed by atoms with Crippen LogP contribution in [0.15, 0.2) is 54.7 Å². The summed E-state index contributed by atoms with van der Waals surface area (Å²) in [6.45, 7) is 8.20. The summed E-state index contributed by atoms with van der Waals surface area (Å²) in [6, 6.07) is 15.8. The van der Waals surface area contributed by atoms with E-state index in [-0.39, 0.29) is 5.91 Å². The molecule has 10 nitrogen and oxygen atoms in total. The lowest BCUT2D eigenvalue weighted by molar-refractivity contribution is 0.102. The summed E-state index contributed by atoms with van der Waals surface area (Å²) < 4.78 is 7.37. The Morgan fingerprint density at radius 1 is 0.976 bits per heavy atom. The summed E-state index contributed by atoms with van der Waals surface area (Å²) in [7, 11) is 5.61. The number of anilines is 4. The Labute approximate surface area is 241 Å². The number of carbonyl (C=O) groups is 1. The topological polar surface area (TPSA) is 100 Å². The normalized spacial score (nSPS) is 13.7. The van der Waals surface area contributed by atoms with Crippen LogP contribution in [0.2, 0.25) is 0 Å². The van der Waals surface area contributed by atoms with Crippen LogP contribution in [0.5, 0.6) is 5.75 Å². The molecular formula is C31H38N8O2. The van der Waals surface area contributed by atoms with Gasteiger partial charge < -0.3 is 25.2 Å². The van der Waals surface area contributed by atoms with E-state index in [1.807, 2.05) is 30.3 Å². The van der Waals surface area contributed by atoms with E-state index in [0.717, 1.165) is 67.2 Å². The molecule has 0 radical (unpaired) electrons. The van der Waals surface area contributed by atoms with Gasteiger partial charge in [-0.25, -0.2) is 9.97 Å². The first-order valence-electron chi connectivity index (χ1n) is 14.1. The number of nitrogens with one attached hydrogen (secondary N) is 2. The lowest BCUT2D eigenvalue weighted by Gasteiger charge is -2.34. The monoisotopic (exact) mass is 554 g/mol. The molecular weight excluding hydrogens is 516 g/mol. The van der Waals surface area contributed by atoms with Crippen LogP contribution in [0.25, 0.3) is 11.4 Å². The highest BCUT2D eigenvalue weighted by molar-refractivity contribution is 6.04. The van der Waals surface area contributed by atoms with E-state index >= 15 is 0 Å². The average Bonchev–Trinajstić information content (AvgIpc) is 3.39. The van der Waals surface area contributed by atoms with Crippen molar-refractivity contribution in [1.82, 2.24) is 24.6 Å². The van der Waals surface area contributed by atoms with Gasteiger partial charge in [0.1, 0.15) is 5.75 Å². The summed E-state index contributed by atoms with van der Waals surface area (Å²) in [4.78, 5) is 27.1. The molecule has 41 heavy (non-hydrogen) atoms. The van der Waals surface area contributed by atoms with Crippen molar-refractivity contribution in [2.45, 2.75) is 26.7 Å². The molecule has 2 aromatic heterocycles. The Bertz CT molecular complexity index is 1500. The molecule has 1 saturated heterocycles. The quantitative estimate of drug-likeness (QED) is 0.306. The van der Waals surface area contributed by atoms with Crippen molar-refractivity contribution in [3.05, 3.63) is 71.5 Å². The number of nitrogens with zero attached hydrogens (tertiary/aromatic N) is 6. The third kappa shape index (κ3) is 6.17. The first-order chi connectivity index (χ1) is 19.9. The van der Waals surface area contributed by atoms with Gasteiger partial charge in [0, 0.05) is 56.9 Å². The molecule has 10 heteroatoms. The zero-order valence-corrected chi connectivity index (χ0v) is 24.4. The van der Waals surface area contributed by atoms with Gasteiger partial charge in [0.25, 0.3) is 5.91 Å². The van der Waals surface area contributed by atoms with Crippen molar-refractivity contribution in [2.24, 2.45) is 7.05 Å². The highest BCUT2D eigenvalue weighted by Crippen LogP contribution is 2.32.